The monoisotopic (exact) mass is 574 g/mol. The molecule has 0 fully saturated rings. The first-order chi connectivity index (χ1) is 21.0. The Morgan fingerprint density at radius 3 is 1.53 bits per heavy atom. The average Bonchev–Trinajstić information content (AvgIpc) is 3.70. The van der Waals surface area contributed by atoms with E-state index in [-0.39, 0.29) is 24.8 Å². The average molecular weight is 575 g/mol. The van der Waals surface area contributed by atoms with Crippen LogP contribution in [0.25, 0.3) is 44.5 Å². The summed E-state index contributed by atoms with van der Waals surface area (Å²) in [7, 11) is 0. The third-order valence-corrected chi connectivity index (χ3v) is 7.10. The Bertz CT molecular complexity index is 1800. The van der Waals surface area contributed by atoms with Crippen LogP contribution in [0.15, 0.2) is 93.8 Å². The summed E-state index contributed by atoms with van der Waals surface area (Å²) in [5, 5.41) is 0. The lowest BCUT2D eigenvalue weighted by Crippen LogP contribution is -2.07. The molecule has 2 aromatic heterocycles. The Labute approximate surface area is 248 Å². The number of fused-ring (bicyclic) bond motifs is 5. The van der Waals surface area contributed by atoms with E-state index in [4.69, 9.17) is 18.3 Å². The van der Waals surface area contributed by atoms with E-state index in [2.05, 4.69) is 58.5 Å². The normalized spacial score (nSPS) is 11.5. The van der Waals surface area contributed by atoms with Crippen molar-refractivity contribution >= 4 is 34.1 Å². The summed E-state index contributed by atoms with van der Waals surface area (Å²) in [5.74, 6) is -0.119. The van der Waals surface area contributed by atoms with Crippen LogP contribution >= 0.6 is 0 Å². The van der Waals surface area contributed by atoms with E-state index in [9.17, 15) is 9.59 Å². The summed E-state index contributed by atoms with van der Waals surface area (Å²) in [6.45, 7) is 4.13. The zero-order chi connectivity index (χ0) is 29.8. The molecule has 0 unspecified atom stereocenters. The molecular formula is C35H30N2O6. The lowest BCUT2D eigenvalue weighted by molar-refractivity contribution is -0.143. The first-order valence-electron chi connectivity index (χ1n) is 14.3. The fourth-order valence-corrected chi connectivity index (χ4v) is 5.21. The molecule has 8 heteroatoms. The van der Waals surface area contributed by atoms with E-state index in [1.807, 2.05) is 36.4 Å². The van der Waals surface area contributed by atoms with Gasteiger partial charge in [0.1, 0.15) is 23.9 Å². The molecule has 0 amide bonds. The Morgan fingerprint density at radius 2 is 1.09 bits per heavy atom. The molecule has 43 heavy (non-hydrogen) atoms. The molecule has 0 N–H and O–H groups in total. The second-order valence-corrected chi connectivity index (χ2v) is 10.0. The Morgan fingerprint density at radius 1 is 0.651 bits per heavy atom. The van der Waals surface area contributed by atoms with Crippen LogP contribution in [-0.4, -0.2) is 35.1 Å². The molecule has 0 saturated carbocycles. The number of carbonyl (C=O) groups excluding carboxylic acids is 2. The zero-order valence-electron chi connectivity index (χ0n) is 24.0. The predicted octanol–water partition coefficient (Wildman–Crippen LogP) is 7.11. The number of oxazole rings is 2. The first-order valence-corrected chi connectivity index (χ1v) is 14.3. The maximum Gasteiger partial charge on any atom is 0.315 e. The van der Waals surface area contributed by atoms with Crippen molar-refractivity contribution in [1.82, 2.24) is 9.97 Å². The number of nitrogens with zero attached hydrogens (tertiary/aromatic N) is 2. The van der Waals surface area contributed by atoms with Crippen LogP contribution in [0, 0.1) is 0 Å². The number of hydrogen-bond acceptors (Lipinski definition) is 8. The largest absolute Gasteiger partial charge is 0.466 e. The molecule has 216 valence electrons. The van der Waals surface area contributed by atoms with Gasteiger partial charge in [-0.3, -0.25) is 9.59 Å². The van der Waals surface area contributed by atoms with Gasteiger partial charge in [-0.2, -0.15) is 0 Å². The highest BCUT2D eigenvalue weighted by Crippen LogP contribution is 2.35. The van der Waals surface area contributed by atoms with Crippen molar-refractivity contribution in [2.75, 3.05) is 13.2 Å². The molecule has 0 aliphatic heterocycles. The predicted molar refractivity (Wildman–Crippen MR) is 162 cm³/mol. The number of ether oxygens (including phenoxy) is 2. The van der Waals surface area contributed by atoms with Crippen molar-refractivity contribution < 1.29 is 27.9 Å². The minimum atomic E-state index is -0.376. The van der Waals surface area contributed by atoms with Gasteiger partial charge < -0.3 is 18.3 Å². The van der Waals surface area contributed by atoms with Gasteiger partial charge in [0, 0.05) is 0 Å². The fraction of sp³-hybridized carbons (Fsp3) is 0.200. The number of carbonyl (C=O) groups is 2. The van der Waals surface area contributed by atoms with Crippen LogP contribution in [0.3, 0.4) is 0 Å². The molecule has 0 spiro atoms. The summed E-state index contributed by atoms with van der Waals surface area (Å²) in [6.07, 6.45) is 1.09. The van der Waals surface area contributed by atoms with Crippen LogP contribution in [0.5, 0.6) is 0 Å². The minimum Gasteiger partial charge on any atom is -0.466 e. The number of esters is 2. The van der Waals surface area contributed by atoms with Gasteiger partial charge in [0.05, 0.1) is 13.2 Å². The molecular weight excluding hydrogens is 544 g/mol. The van der Waals surface area contributed by atoms with Gasteiger partial charge in [0.2, 0.25) is 11.8 Å². The fourth-order valence-electron chi connectivity index (χ4n) is 5.21. The Kier molecular flexibility index (Phi) is 8.00. The van der Waals surface area contributed by atoms with E-state index in [1.54, 1.807) is 13.8 Å². The second kappa shape index (κ2) is 12.3. The third-order valence-electron chi connectivity index (χ3n) is 7.10. The maximum absolute atomic E-state index is 11.6. The van der Waals surface area contributed by atoms with Crippen LogP contribution in [-0.2, 0) is 38.3 Å². The molecule has 0 radical (unpaired) electrons. The van der Waals surface area contributed by atoms with E-state index in [0.717, 1.165) is 17.5 Å². The molecule has 8 nitrogen and oxygen atoms in total. The van der Waals surface area contributed by atoms with Crippen molar-refractivity contribution in [2.24, 2.45) is 0 Å². The Hall–Kier alpha value is -5.24. The lowest BCUT2D eigenvalue weighted by Gasteiger charge is -2.00. The Balaban J connectivity index is 0.000000208. The number of rotatable bonds is 7. The van der Waals surface area contributed by atoms with Crippen molar-refractivity contribution in [3.05, 3.63) is 108 Å². The molecule has 7 rings (SSSR count). The van der Waals surface area contributed by atoms with Crippen LogP contribution in [0.4, 0.5) is 0 Å². The molecule has 4 aromatic carbocycles. The van der Waals surface area contributed by atoms with Gasteiger partial charge in [-0.05, 0) is 77.9 Å². The third kappa shape index (κ3) is 6.18. The summed E-state index contributed by atoms with van der Waals surface area (Å²) in [6, 6.07) is 28.5. The molecule has 0 saturated heterocycles. The standard InChI is InChI=1S/C22H20N2O6.C13H10/c1-3-27-21(25)11-19-23-15-9-13(5-7-17(15)29-19)14-6-8-18-16(10-14)24-20(30-18)12-22(26)28-4-2;1-3-7-12-10(5-1)9-11-6-2-4-8-13(11)12/h5-10H,3-4,11-12H2,1-2H3;1-8H,9H2. The minimum absolute atomic E-state index is 0.00794. The van der Waals surface area contributed by atoms with Gasteiger partial charge in [-0.1, -0.05) is 60.7 Å². The smallest absolute Gasteiger partial charge is 0.315 e. The van der Waals surface area contributed by atoms with Crippen molar-refractivity contribution in [2.45, 2.75) is 33.1 Å². The number of hydrogen-bond donors (Lipinski definition) is 0. The summed E-state index contributed by atoms with van der Waals surface area (Å²) < 4.78 is 21.1. The zero-order valence-corrected chi connectivity index (χ0v) is 24.0. The lowest BCUT2D eigenvalue weighted by atomic mass is 10.0. The summed E-state index contributed by atoms with van der Waals surface area (Å²) in [5.41, 5.74) is 10.1. The molecule has 2 heterocycles. The molecule has 1 aliphatic rings. The van der Waals surface area contributed by atoms with Gasteiger partial charge >= 0.3 is 11.9 Å². The van der Waals surface area contributed by atoms with Crippen molar-refractivity contribution in [3.63, 3.8) is 0 Å². The van der Waals surface area contributed by atoms with Crippen LogP contribution in [0.1, 0.15) is 36.8 Å². The van der Waals surface area contributed by atoms with Gasteiger partial charge in [0.25, 0.3) is 0 Å². The molecule has 0 bridgehead atoms. The van der Waals surface area contributed by atoms with Gasteiger partial charge in [-0.15, -0.1) is 0 Å². The van der Waals surface area contributed by atoms with E-state index < -0.39 is 0 Å². The maximum atomic E-state index is 11.6. The summed E-state index contributed by atoms with van der Waals surface area (Å²) in [4.78, 5) is 32.1. The van der Waals surface area contributed by atoms with E-state index >= 15 is 0 Å². The van der Waals surface area contributed by atoms with Gasteiger partial charge in [-0.25, -0.2) is 9.97 Å². The van der Waals surface area contributed by atoms with Crippen LogP contribution in [0.2, 0.25) is 0 Å². The highest BCUT2D eigenvalue weighted by molar-refractivity contribution is 5.85. The van der Waals surface area contributed by atoms with Crippen molar-refractivity contribution in [3.8, 4) is 22.3 Å². The molecule has 1 aliphatic carbocycles. The second-order valence-electron chi connectivity index (χ2n) is 10.0. The van der Waals surface area contributed by atoms with Crippen molar-refractivity contribution in [1.29, 1.82) is 0 Å². The quantitative estimate of drug-likeness (QED) is 0.186. The topological polar surface area (TPSA) is 105 Å². The van der Waals surface area contributed by atoms with E-state index in [1.165, 1.54) is 22.3 Å². The summed E-state index contributed by atoms with van der Waals surface area (Å²) >= 11 is 0. The van der Waals surface area contributed by atoms with Crippen LogP contribution < -0.4 is 0 Å². The van der Waals surface area contributed by atoms with E-state index in [0.29, 0.717) is 47.2 Å². The number of aromatic nitrogens is 2. The number of benzene rings is 4. The highest BCUT2D eigenvalue weighted by atomic mass is 16.5. The SMILES string of the molecule is CCOC(=O)Cc1nc2cc(-c3ccc4oc(CC(=O)OCC)nc4c3)ccc2o1.c1ccc2c(c1)Cc1ccccc1-2. The van der Waals surface area contributed by atoms with Gasteiger partial charge in [0.15, 0.2) is 11.2 Å². The highest BCUT2D eigenvalue weighted by Gasteiger charge is 2.16. The molecule has 0 atom stereocenters. The molecule has 6 aromatic rings. The first kappa shape index (κ1) is 27.9.